The molecule has 0 aliphatic heterocycles. The van der Waals surface area contributed by atoms with Gasteiger partial charge in [0.1, 0.15) is 0 Å². The number of aromatic amines is 1. The highest BCUT2D eigenvalue weighted by atomic mass is 16.6. The lowest BCUT2D eigenvalue weighted by atomic mass is 10.1. The molecule has 0 radical (unpaired) electrons. The lowest BCUT2D eigenvalue weighted by molar-refractivity contribution is -0.385. The van der Waals surface area contributed by atoms with E-state index in [0.717, 1.165) is 5.56 Å². The van der Waals surface area contributed by atoms with Crippen molar-refractivity contribution in [3.63, 3.8) is 0 Å². The summed E-state index contributed by atoms with van der Waals surface area (Å²) >= 11 is 0. The first-order valence-electron chi connectivity index (χ1n) is 6.15. The summed E-state index contributed by atoms with van der Waals surface area (Å²) in [4.78, 5) is 22.6. The first kappa shape index (κ1) is 14.5. The number of hydrogen-bond acceptors (Lipinski definition) is 5. The molecule has 8 heteroatoms. The second-order valence-corrected chi connectivity index (χ2v) is 4.34. The summed E-state index contributed by atoms with van der Waals surface area (Å²) < 4.78 is 5.01. The molecule has 2 N–H and O–H groups in total. The van der Waals surface area contributed by atoms with Crippen LogP contribution in [-0.2, 0) is 0 Å². The molecule has 0 saturated heterocycles. The van der Waals surface area contributed by atoms with Gasteiger partial charge in [-0.25, -0.2) is 0 Å². The number of methoxy groups -OCH3 is 1. The van der Waals surface area contributed by atoms with E-state index >= 15 is 0 Å². The highest BCUT2D eigenvalue weighted by molar-refractivity contribution is 5.98. The van der Waals surface area contributed by atoms with Crippen LogP contribution in [0.15, 0.2) is 30.6 Å². The lowest BCUT2D eigenvalue weighted by Crippen LogP contribution is -2.27. The SMILES string of the molecule is COc1c(C(=O)NC(C)c2cn[nH]c2)cccc1[N+](=O)[O-]. The summed E-state index contributed by atoms with van der Waals surface area (Å²) in [6.07, 6.45) is 3.26. The Kier molecular flexibility index (Phi) is 4.17. The largest absolute Gasteiger partial charge is 0.490 e. The number of aromatic nitrogens is 2. The summed E-state index contributed by atoms with van der Waals surface area (Å²) in [5.74, 6) is -0.511. The van der Waals surface area contributed by atoms with E-state index in [2.05, 4.69) is 15.5 Å². The zero-order chi connectivity index (χ0) is 15.4. The summed E-state index contributed by atoms with van der Waals surface area (Å²) in [5.41, 5.74) is 0.663. The maximum absolute atomic E-state index is 12.3. The molecule has 0 fully saturated rings. The number of carbonyl (C=O) groups is 1. The van der Waals surface area contributed by atoms with Crippen molar-refractivity contribution in [2.24, 2.45) is 0 Å². The Bertz CT molecular complexity index is 654. The lowest BCUT2D eigenvalue weighted by Gasteiger charge is -2.13. The van der Waals surface area contributed by atoms with Gasteiger partial charge in [0.2, 0.25) is 5.75 Å². The van der Waals surface area contributed by atoms with Crippen molar-refractivity contribution in [1.29, 1.82) is 0 Å². The summed E-state index contributed by atoms with van der Waals surface area (Å²) in [6.45, 7) is 1.78. The number of nitrogens with zero attached hydrogens (tertiary/aromatic N) is 2. The molecule has 1 heterocycles. The van der Waals surface area contributed by atoms with Gasteiger partial charge < -0.3 is 10.1 Å². The number of para-hydroxylation sites is 1. The van der Waals surface area contributed by atoms with Crippen LogP contribution in [0.3, 0.4) is 0 Å². The van der Waals surface area contributed by atoms with E-state index in [4.69, 9.17) is 4.74 Å². The molecule has 1 aromatic heterocycles. The quantitative estimate of drug-likeness (QED) is 0.644. The van der Waals surface area contributed by atoms with Crippen LogP contribution in [0.1, 0.15) is 28.9 Å². The third kappa shape index (κ3) is 2.99. The molecule has 21 heavy (non-hydrogen) atoms. The van der Waals surface area contributed by atoms with Crippen LogP contribution >= 0.6 is 0 Å². The van der Waals surface area contributed by atoms with Crippen molar-refractivity contribution in [2.75, 3.05) is 7.11 Å². The number of carbonyl (C=O) groups excluding carboxylic acids is 1. The molecular formula is C13H14N4O4. The normalized spacial score (nSPS) is 11.7. The van der Waals surface area contributed by atoms with Gasteiger partial charge in [0.05, 0.1) is 29.8 Å². The Morgan fingerprint density at radius 2 is 2.29 bits per heavy atom. The van der Waals surface area contributed by atoms with Crippen molar-refractivity contribution < 1.29 is 14.5 Å². The minimum absolute atomic E-state index is 0.0561. The molecule has 8 nitrogen and oxygen atoms in total. The van der Waals surface area contributed by atoms with Gasteiger partial charge in [-0.15, -0.1) is 0 Å². The number of H-pyrrole nitrogens is 1. The van der Waals surface area contributed by atoms with E-state index in [1.54, 1.807) is 19.3 Å². The van der Waals surface area contributed by atoms with Crippen molar-refractivity contribution in [2.45, 2.75) is 13.0 Å². The third-order valence-electron chi connectivity index (χ3n) is 3.01. The molecule has 1 aromatic carbocycles. The second kappa shape index (κ2) is 6.04. The molecule has 0 spiro atoms. The van der Waals surface area contributed by atoms with Gasteiger partial charge in [0.25, 0.3) is 5.91 Å². The average molecular weight is 290 g/mol. The van der Waals surface area contributed by atoms with E-state index in [9.17, 15) is 14.9 Å². The van der Waals surface area contributed by atoms with Crippen molar-refractivity contribution >= 4 is 11.6 Å². The minimum Gasteiger partial charge on any atom is -0.490 e. The summed E-state index contributed by atoms with van der Waals surface area (Å²) in [7, 11) is 1.29. The Balaban J connectivity index is 2.27. The van der Waals surface area contributed by atoms with E-state index in [-0.39, 0.29) is 23.0 Å². The van der Waals surface area contributed by atoms with Gasteiger partial charge in [-0.3, -0.25) is 20.0 Å². The first-order valence-corrected chi connectivity index (χ1v) is 6.15. The number of benzene rings is 1. The topological polar surface area (TPSA) is 110 Å². The molecule has 0 aliphatic carbocycles. The number of nitro groups is 1. The van der Waals surface area contributed by atoms with E-state index in [0.29, 0.717) is 0 Å². The Morgan fingerprint density at radius 3 is 2.86 bits per heavy atom. The third-order valence-corrected chi connectivity index (χ3v) is 3.01. The van der Waals surface area contributed by atoms with Crippen LogP contribution in [0, 0.1) is 10.1 Å². The molecule has 0 saturated carbocycles. The van der Waals surface area contributed by atoms with Crippen molar-refractivity contribution in [1.82, 2.24) is 15.5 Å². The molecule has 0 aliphatic rings. The fourth-order valence-corrected chi connectivity index (χ4v) is 1.92. The van der Waals surface area contributed by atoms with Gasteiger partial charge in [-0.05, 0) is 13.0 Å². The van der Waals surface area contributed by atoms with Crippen LogP contribution in [0.25, 0.3) is 0 Å². The maximum atomic E-state index is 12.3. The molecule has 1 amide bonds. The van der Waals surface area contributed by atoms with Gasteiger partial charge in [-0.1, -0.05) is 6.07 Å². The average Bonchev–Trinajstić information content (AvgIpc) is 3.00. The van der Waals surface area contributed by atoms with Crippen molar-refractivity contribution in [3.05, 3.63) is 51.8 Å². The monoisotopic (exact) mass is 290 g/mol. The Hall–Kier alpha value is -2.90. The molecule has 110 valence electrons. The van der Waals surface area contributed by atoms with Crippen LogP contribution in [0.5, 0.6) is 5.75 Å². The molecule has 1 unspecified atom stereocenters. The van der Waals surface area contributed by atoms with Crippen LogP contribution in [0.2, 0.25) is 0 Å². The smallest absolute Gasteiger partial charge is 0.311 e. The highest BCUT2D eigenvalue weighted by Gasteiger charge is 2.23. The highest BCUT2D eigenvalue weighted by Crippen LogP contribution is 2.30. The number of ether oxygens (including phenoxy) is 1. The number of hydrogen-bond donors (Lipinski definition) is 2. The molecule has 1 atom stereocenters. The zero-order valence-electron chi connectivity index (χ0n) is 11.5. The van der Waals surface area contributed by atoms with Crippen LogP contribution < -0.4 is 10.1 Å². The Labute approximate surface area is 120 Å². The van der Waals surface area contributed by atoms with Gasteiger partial charge in [-0.2, -0.15) is 5.10 Å². The summed E-state index contributed by atoms with van der Waals surface area (Å²) in [5, 5.41) is 20.1. The van der Waals surface area contributed by atoms with Gasteiger partial charge in [0, 0.05) is 17.8 Å². The number of rotatable bonds is 5. The van der Waals surface area contributed by atoms with Crippen LogP contribution in [0.4, 0.5) is 5.69 Å². The predicted molar refractivity (Wildman–Crippen MR) is 74.1 cm³/mol. The molecule has 2 aromatic rings. The zero-order valence-corrected chi connectivity index (χ0v) is 11.5. The second-order valence-electron chi connectivity index (χ2n) is 4.34. The van der Waals surface area contributed by atoms with E-state index < -0.39 is 10.8 Å². The van der Waals surface area contributed by atoms with Gasteiger partial charge in [0.15, 0.2) is 0 Å². The standard InChI is InChI=1S/C13H14N4O4/c1-8(9-6-14-15-7-9)16-13(18)10-4-3-5-11(17(19)20)12(10)21-2/h3-8H,1-2H3,(H,14,15)(H,16,18). The van der Waals surface area contributed by atoms with Crippen molar-refractivity contribution in [3.8, 4) is 5.75 Å². The van der Waals surface area contributed by atoms with Crippen LogP contribution in [-0.4, -0.2) is 28.1 Å². The molecular weight excluding hydrogens is 276 g/mol. The van der Waals surface area contributed by atoms with Gasteiger partial charge >= 0.3 is 5.69 Å². The van der Waals surface area contributed by atoms with E-state index in [1.165, 1.54) is 25.3 Å². The first-order chi connectivity index (χ1) is 10.0. The number of nitro benzene ring substituents is 1. The molecule has 0 bridgehead atoms. The number of amides is 1. The van der Waals surface area contributed by atoms with E-state index in [1.807, 2.05) is 0 Å². The fourth-order valence-electron chi connectivity index (χ4n) is 1.92. The maximum Gasteiger partial charge on any atom is 0.311 e. The Morgan fingerprint density at radius 1 is 1.52 bits per heavy atom. The number of nitrogens with one attached hydrogen (secondary N) is 2. The summed E-state index contributed by atoms with van der Waals surface area (Å²) in [6, 6.07) is 3.91. The fraction of sp³-hybridized carbons (Fsp3) is 0.231. The minimum atomic E-state index is -0.588. The molecule has 2 rings (SSSR count). The predicted octanol–water partition coefficient (Wildman–Crippen LogP) is 1.82.